The molecule has 1 aromatic rings. The Hall–Kier alpha value is -1.57. The molecule has 0 saturated carbocycles. The van der Waals surface area contributed by atoms with Gasteiger partial charge in [-0.1, -0.05) is 18.2 Å². The van der Waals surface area contributed by atoms with E-state index in [9.17, 15) is 0 Å². The monoisotopic (exact) mass is 172 g/mol. The van der Waals surface area contributed by atoms with E-state index in [0.29, 0.717) is 0 Å². The molecule has 0 radical (unpaired) electrons. The summed E-state index contributed by atoms with van der Waals surface area (Å²) in [7, 11) is 0. The number of benzene rings is 1. The minimum Gasteiger partial charge on any atom is -0.341 e. The minimum absolute atomic E-state index is 0.862. The molecule has 0 atom stereocenters. The predicted molar refractivity (Wildman–Crippen MR) is 56.2 cm³/mol. The van der Waals surface area contributed by atoms with Crippen LogP contribution in [0.3, 0.4) is 0 Å². The maximum atomic E-state index is 4.04. The Morgan fingerprint density at radius 1 is 1.31 bits per heavy atom. The summed E-state index contributed by atoms with van der Waals surface area (Å²) in [5.74, 6) is 0. The Balaban J connectivity index is 2.30. The fourth-order valence-corrected chi connectivity index (χ4v) is 1.44. The van der Waals surface area contributed by atoms with Crippen molar-refractivity contribution >= 4 is 11.9 Å². The van der Waals surface area contributed by atoms with Crippen LogP contribution in [0.1, 0.15) is 5.56 Å². The molecule has 0 unspecified atom stereocenters. The van der Waals surface area contributed by atoms with Crippen molar-refractivity contribution < 1.29 is 0 Å². The molecule has 1 heterocycles. The predicted octanol–water partition coefficient (Wildman–Crippen LogP) is 2.36. The molecule has 1 aromatic carbocycles. The number of aliphatic imine (C=N–C) groups is 1. The van der Waals surface area contributed by atoms with Gasteiger partial charge in [-0.3, -0.25) is 4.99 Å². The highest BCUT2D eigenvalue weighted by molar-refractivity contribution is 5.70. The number of anilines is 1. The van der Waals surface area contributed by atoms with Gasteiger partial charge in [0.05, 0.1) is 6.54 Å². The van der Waals surface area contributed by atoms with Gasteiger partial charge in [-0.25, -0.2) is 0 Å². The second kappa shape index (κ2) is 3.44. The maximum Gasteiger partial charge on any atom is 0.0579 e. The quantitative estimate of drug-likeness (QED) is 0.635. The number of hydrogen-bond donors (Lipinski definition) is 0. The first-order chi connectivity index (χ1) is 6.38. The lowest BCUT2D eigenvalue weighted by atomic mass is 10.2. The average molecular weight is 172 g/mol. The van der Waals surface area contributed by atoms with Crippen molar-refractivity contribution in [2.45, 2.75) is 6.92 Å². The van der Waals surface area contributed by atoms with Gasteiger partial charge in [0.15, 0.2) is 0 Å². The Bertz CT molecular complexity index is 353. The molecule has 0 aliphatic carbocycles. The minimum atomic E-state index is 0.862. The zero-order chi connectivity index (χ0) is 9.10. The van der Waals surface area contributed by atoms with Crippen molar-refractivity contribution in [2.75, 3.05) is 11.4 Å². The Labute approximate surface area is 78.2 Å². The molecule has 2 heteroatoms. The second-order valence-electron chi connectivity index (χ2n) is 3.07. The molecule has 0 amide bonds. The fraction of sp³-hybridized carbons (Fsp3) is 0.182. The molecular weight excluding hydrogens is 160 g/mol. The number of rotatable bonds is 1. The molecule has 0 saturated heterocycles. The summed E-state index contributed by atoms with van der Waals surface area (Å²) in [5, 5.41) is 0. The van der Waals surface area contributed by atoms with Crippen LogP contribution in [-0.2, 0) is 0 Å². The molecule has 0 bridgehead atoms. The summed E-state index contributed by atoms with van der Waals surface area (Å²) in [6, 6.07) is 8.36. The van der Waals surface area contributed by atoms with E-state index in [4.69, 9.17) is 0 Å². The lowest BCUT2D eigenvalue weighted by Gasteiger charge is -2.21. The highest BCUT2D eigenvalue weighted by Gasteiger charge is 2.05. The van der Waals surface area contributed by atoms with Crippen LogP contribution in [-0.4, -0.2) is 12.8 Å². The second-order valence-corrected chi connectivity index (χ2v) is 3.07. The Morgan fingerprint density at radius 2 is 2.15 bits per heavy atom. The van der Waals surface area contributed by atoms with E-state index in [1.54, 1.807) is 0 Å². The molecule has 2 rings (SSSR count). The smallest absolute Gasteiger partial charge is 0.0579 e. The van der Waals surface area contributed by atoms with E-state index >= 15 is 0 Å². The summed E-state index contributed by atoms with van der Waals surface area (Å²) in [6.07, 6.45) is 5.73. The topological polar surface area (TPSA) is 15.6 Å². The van der Waals surface area contributed by atoms with E-state index in [1.807, 2.05) is 18.6 Å². The highest BCUT2D eigenvalue weighted by atomic mass is 15.1. The number of aryl methyl sites for hydroxylation is 1. The van der Waals surface area contributed by atoms with Crippen LogP contribution in [0.25, 0.3) is 0 Å². The first kappa shape index (κ1) is 8.05. The Morgan fingerprint density at radius 3 is 2.85 bits per heavy atom. The summed E-state index contributed by atoms with van der Waals surface area (Å²) in [6.45, 7) is 2.98. The first-order valence-corrected chi connectivity index (χ1v) is 4.38. The van der Waals surface area contributed by atoms with E-state index in [0.717, 1.165) is 6.54 Å². The third-order valence-electron chi connectivity index (χ3n) is 2.14. The summed E-state index contributed by atoms with van der Waals surface area (Å²) in [5.41, 5.74) is 2.55. The van der Waals surface area contributed by atoms with Crippen LogP contribution >= 0.6 is 0 Å². The number of hydrogen-bond acceptors (Lipinski definition) is 2. The van der Waals surface area contributed by atoms with Crippen molar-refractivity contribution in [3.05, 3.63) is 42.2 Å². The van der Waals surface area contributed by atoms with E-state index in [1.165, 1.54) is 11.3 Å². The lowest BCUT2D eigenvalue weighted by Crippen LogP contribution is -2.20. The van der Waals surface area contributed by atoms with E-state index in [-0.39, 0.29) is 0 Å². The van der Waals surface area contributed by atoms with Gasteiger partial charge in [-0.15, -0.1) is 0 Å². The van der Waals surface area contributed by atoms with Crippen LogP contribution in [0.4, 0.5) is 5.69 Å². The third kappa shape index (κ3) is 1.61. The molecule has 0 aromatic heterocycles. The standard InChI is InChI=1S/C11H12N2/c1-10-4-2-3-5-11(10)13-8-6-12-7-9-13/h2-8H,9H2,1H3. The average Bonchev–Trinajstić information content (AvgIpc) is 2.20. The van der Waals surface area contributed by atoms with E-state index in [2.05, 4.69) is 41.1 Å². The first-order valence-electron chi connectivity index (χ1n) is 4.38. The molecular formula is C11H12N2. The zero-order valence-electron chi connectivity index (χ0n) is 7.64. The molecule has 13 heavy (non-hydrogen) atoms. The number of nitrogens with zero attached hydrogens (tertiary/aromatic N) is 2. The molecule has 0 N–H and O–H groups in total. The number of para-hydroxylation sites is 1. The van der Waals surface area contributed by atoms with Crippen molar-refractivity contribution in [3.63, 3.8) is 0 Å². The van der Waals surface area contributed by atoms with Crippen molar-refractivity contribution in [1.82, 2.24) is 0 Å². The van der Waals surface area contributed by atoms with Crippen LogP contribution in [0, 0.1) is 6.92 Å². The molecule has 0 fully saturated rings. The SMILES string of the molecule is Cc1ccccc1N1C=CN=CC1. The largest absolute Gasteiger partial charge is 0.341 e. The molecule has 1 aliphatic rings. The van der Waals surface area contributed by atoms with Gasteiger partial charge in [0, 0.05) is 24.3 Å². The third-order valence-corrected chi connectivity index (χ3v) is 2.14. The van der Waals surface area contributed by atoms with Crippen LogP contribution < -0.4 is 4.90 Å². The Kier molecular flexibility index (Phi) is 2.13. The maximum absolute atomic E-state index is 4.04. The van der Waals surface area contributed by atoms with Gasteiger partial charge in [-0.05, 0) is 18.6 Å². The van der Waals surface area contributed by atoms with Crippen LogP contribution in [0.5, 0.6) is 0 Å². The van der Waals surface area contributed by atoms with Gasteiger partial charge in [0.2, 0.25) is 0 Å². The van der Waals surface area contributed by atoms with Gasteiger partial charge in [0.25, 0.3) is 0 Å². The van der Waals surface area contributed by atoms with E-state index < -0.39 is 0 Å². The molecule has 1 aliphatic heterocycles. The van der Waals surface area contributed by atoms with Crippen LogP contribution in [0.2, 0.25) is 0 Å². The molecule has 66 valence electrons. The summed E-state index contributed by atoms with van der Waals surface area (Å²) < 4.78 is 0. The molecule has 0 spiro atoms. The summed E-state index contributed by atoms with van der Waals surface area (Å²) in [4.78, 5) is 6.22. The van der Waals surface area contributed by atoms with Gasteiger partial charge < -0.3 is 4.90 Å². The van der Waals surface area contributed by atoms with Crippen molar-refractivity contribution in [2.24, 2.45) is 4.99 Å². The zero-order valence-corrected chi connectivity index (χ0v) is 7.64. The van der Waals surface area contributed by atoms with Gasteiger partial charge in [0.1, 0.15) is 0 Å². The fourth-order valence-electron chi connectivity index (χ4n) is 1.44. The van der Waals surface area contributed by atoms with Crippen molar-refractivity contribution in [1.29, 1.82) is 0 Å². The van der Waals surface area contributed by atoms with Crippen molar-refractivity contribution in [3.8, 4) is 0 Å². The lowest BCUT2D eigenvalue weighted by molar-refractivity contribution is 1.09. The van der Waals surface area contributed by atoms with Crippen LogP contribution in [0.15, 0.2) is 41.7 Å². The molecule has 2 nitrogen and oxygen atoms in total. The summed E-state index contributed by atoms with van der Waals surface area (Å²) >= 11 is 0. The van der Waals surface area contributed by atoms with Gasteiger partial charge >= 0.3 is 0 Å². The normalized spacial score (nSPS) is 15.0. The van der Waals surface area contributed by atoms with Gasteiger partial charge in [-0.2, -0.15) is 0 Å². The highest BCUT2D eigenvalue weighted by Crippen LogP contribution is 2.19.